The number of hydrogen-bond acceptors (Lipinski definition) is 15. The smallest absolute Gasteiger partial charge is 0.337 e. The van der Waals surface area contributed by atoms with Crippen LogP contribution in [-0.2, 0) is 44.7 Å². The molecule has 4 atom stereocenters. The van der Waals surface area contributed by atoms with Gasteiger partial charge in [-0.05, 0) is 11.1 Å². The molecule has 0 amide bonds. The molecule has 2 aromatic rings. The Bertz CT molecular complexity index is 1800. The molecule has 0 aromatic heterocycles. The molecule has 2 unspecified atom stereocenters. The third-order valence-corrected chi connectivity index (χ3v) is 8.43. The summed E-state index contributed by atoms with van der Waals surface area (Å²) >= 11 is 0. The highest BCUT2D eigenvalue weighted by atomic mass is 32.2. The largest absolute Gasteiger partial charge is 0.370 e. The zero-order chi connectivity index (χ0) is 33.2. The van der Waals surface area contributed by atoms with E-state index >= 15 is 0 Å². The number of aliphatic imine (C=N–C) groups is 2. The average molecular weight is 675 g/mol. The van der Waals surface area contributed by atoms with Gasteiger partial charge in [0, 0.05) is 10.5 Å². The molecule has 3 aliphatic heterocycles. The Morgan fingerprint density at radius 3 is 2.28 bits per heavy atom. The van der Waals surface area contributed by atoms with E-state index < -0.39 is 68.9 Å². The van der Waals surface area contributed by atoms with E-state index in [1.807, 2.05) is 0 Å². The van der Waals surface area contributed by atoms with E-state index in [4.69, 9.17) is 23.6 Å². The van der Waals surface area contributed by atoms with Crippen LogP contribution in [0.15, 0.2) is 82.3 Å². The lowest BCUT2D eigenvalue weighted by Crippen LogP contribution is -2.69. The highest BCUT2D eigenvalue weighted by Gasteiger charge is 2.64. The number of nitrogens with one attached hydrogen (secondary N) is 1. The van der Waals surface area contributed by atoms with Crippen LogP contribution in [-0.4, -0.2) is 95.6 Å². The lowest BCUT2D eigenvalue weighted by molar-refractivity contribution is -0.162. The summed E-state index contributed by atoms with van der Waals surface area (Å²) in [6.45, 7) is -1.79. The first kappa shape index (κ1) is 33.2. The molecule has 5 rings (SSSR count). The number of carbonyl (C=O) groups is 1. The maximum absolute atomic E-state index is 14.2. The van der Waals surface area contributed by atoms with E-state index in [1.54, 1.807) is 60.7 Å². The van der Waals surface area contributed by atoms with Gasteiger partial charge >= 0.3 is 5.82 Å². The summed E-state index contributed by atoms with van der Waals surface area (Å²) in [6, 6.07) is 15.5. The van der Waals surface area contributed by atoms with Crippen molar-refractivity contribution in [2.45, 2.75) is 36.2 Å². The number of azide groups is 1. The van der Waals surface area contributed by atoms with Gasteiger partial charge in [0.1, 0.15) is 37.2 Å². The molecular weight excluding hydrogens is 644 g/mol. The zero-order valence-electron chi connectivity index (χ0n) is 24.5. The van der Waals surface area contributed by atoms with Crippen LogP contribution >= 0.6 is 0 Å². The van der Waals surface area contributed by atoms with Gasteiger partial charge in [-0.3, -0.25) is 29.1 Å². The Hall–Kier alpha value is -4.20. The molecular formula is C27H30N8O9S2+. The molecule has 0 aliphatic carbocycles. The van der Waals surface area contributed by atoms with Gasteiger partial charge in [-0.25, -0.2) is 0 Å². The Morgan fingerprint density at radius 2 is 1.70 bits per heavy atom. The quantitative estimate of drug-likeness (QED) is 0.0960. The minimum atomic E-state index is -4.15. The molecule has 3 N–H and O–H groups in total. The third-order valence-electron chi connectivity index (χ3n) is 7.34. The summed E-state index contributed by atoms with van der Waals surface area (Å²) in [7, 11) is -8.29. The molecule has 19 heteroatoms. The van der Waals surface area contributed by atoms with Gasteiger partial charge in [0.05, 0.1) is 19.1 Å². The highest BCUT2D eigenvalue weighted by molar-refractivity contribution is 7.86. The number of Topliss-reactive ketones (excluding diaryl/α,β-unsaturated/α-hetero) is 1. The molecule has 0 saturated carbocycles. The van der Waals surface area contributed by atoms with Crippen molar-refractivity contribution in [1.29, 1.82) is 0 Å². The lowest BCUT2D eigenvalue weighted by atomic mass is 9.90. The topological polar surface area (TPSA) is 239 Å². The van der Waals surface area contributed by atoms with Crippen LogP contribution in [0.4, 0.5) is 0 Å². The molecule has 0 spiro atoms. The lowest BCUT2D eigenvalue weighted by Gasteiger charge is -2.42. The maximum atomic E-state index is 14.2. The molecule has 1 fully saturated rings. The predicted octanol–water partition coefficient (Wildman–Crippen LogP) is 0.316. The molecule has 46 heavy (non-hydrogen) atoms. The van der Waals surface area contributed by atoms with Crippen LogP contribution in [0.5, 0.6) is 0 Å². The Morgan fingerprint density at radius 1 is 1.09 bits per heavy atom. The first-order valence-corrected chi connectivity index (χ1v) is 17.2. The Labute approximate surface area is 264 Å². The summed E-state index contributed by atoms with van der Waals surface area (Å²) in [5.74, 6) is -0.530. The number of nitrogens with two attached hydrogens (primary N) is 1. The molecule has 1 saturated heterocycles. The molecule has 0 bridgehead atoms. The monoisotopic (exact) mass is 674 g/mol. The number of hydrogen-bond donors (Lipinski definition) is 2. The second-order valence-electron chi connectivity index (χ2n) is 10.6. The number of carbonyl (C=O) groups excluding carboxylic acids is 1. The maximum Gasteiger partial charge on any atom is 0.337 e. The van der Waals surface area contributed by atoms with E-state index in [1.165, 1.54) is 17.6 Å². The van der Waals surface area contributed by atoms with Crippen LogP contribution in [0, 0.1) is 0 Å². The summed E-state index contributed by atoms with van der Waals surface area (Å²) in [4.78, 5) is 26.8. The van der Waals surface area contributed by atoms with E-state index in [9.17, 15) is 27.2 Å². The third kappa shape index (κ3) is 6.81. The molecule has 2 aromatic carbocycles. The number of ketones is 1. The number of nitrogens with zero attached hydrogens (tertiary/aromatic N) is 6. The van der Waals surface area contributed by atoms with Crippen LogP contribution < -0.4 is 16.0 Å². The van der Waals surface area contributed by atoms with Crippen molar-refractivity contribution in [3.05, 3.63) is 93.8 Å². The van der Waals surface area contributed by atoms with Crippen molar-refractivity contribution in [3.8, 4) is 0 Å². The first-order valence-electron chi connectivity index (χ1n) is 13.6. The van der Waals surface area contributed by atoms with E-state index in [0.29, 0.717) is 5.56 Å². The van der Waals surface area contributed by atoms with Crippen LogP contribution in [0.25, 0.3) is 10.4 Å². The van der Waals surface area contributed by atoms with Gasteiger partial charge in [-0.2, -0.15) is 16.8 Å². The van der Waals surface area contributed by atoms with Crippen molar-refractivity contribution in [2.24, 2.45) is 15.8 Å². The van der Waals surface area contributed by atoms with Crippen molar-refractivity contribution in [3.63, 3.8) is 0 Å². The fraction of sp³-hybridized carbons (Fsp3) is 0.370. The summed E-state index contributed by atoms with van der Waals surface area (Å²) in [6.07, 6.45) is 1.09. The Kier molecular flexibility index (Phi) is 9.30. The SMILES string of the molecule is CS(=O)(=O)OCC1(COS(C)(=O)=O)O[C@H](N2C=NC3=C(NC=[N+]3)C2(N)C(=O)c2ccccc2)C(N=[N+]=[N-])[C@H]1OCc1ccccc1. The second-order valence-corrected chi connectivity index (χ2v) is 13.9. The van der Waals surface area contributed by atoms with Gasteiger partial charge in [0.15, 0.2) is 6.34 Å². The normalized spacial score (nSPS) is 25.2. The molecule has 1 radical (unpaired) electrons. The van der Waals surface area contributed by atoms with Crippen molar-refractivity contribution in [2.75, 3.05) is 25.7 Å². The summed E-state index contributed by atoms with van der Waals surface area (Å²) < 4.78 is 71.7. The van der Waals surface area contributed by atoms with Crippen LogP contribution in [0.3, 0.4) is 0 Å². The zero-order valence-corrected chi connectivity index (χ0v) is 26.2. The van der Waals surface area contributed by atoms with E-state index in [0.717, 1.165) is 12.5 Å². The first-order chi connectivity index (χ1) is 21.8. The number of rotatable bonds is 13. The van der Waals surface area contributed by atoms with Crippen LogP contribution in [0.1, 0.15) is 15.9 Å². The predicted molar refractivity (Wildman–Crippen MR) is 164 cm³/mol. The fourth-order valence-corrected chi connectivity index (χ4v) is 6.07. The van der Waals surface area contributed by atoms with Crippen LogP contribution in [0.2, 0.25) is 0 Å². The van der Waals surface area contributed by atoms with Crippen molar-refractivity contribution in [1.82, 2.24) is 15.2 Å². The molecule has 243 valence electrons. The summed E-state index contributed by atoms with van der Waals surface area (Å²) in [5, 5.41) is 6.78. The van der Waals surface area contributed by atoms with Crippen molar-refractivity contribution < 1.29 is 39.5 Å². The Balaban J connectivity index is 1.65. The number of ether oxygens (including phenoxy) is 2. The fourth-order valence-electron chi connectivity index (χ4n) is 5.24. The van der Waals surface area contributed by atoms with Gasteiger partial charge < -0.3 is 9.47 Å². The van der Waals surface area contributed by atoms with Gasteiger partial charge in [-0.15, -0.1) is 0 Å². The molecule has 17 nitrogen and oxygen atoms in total. The van der Waals surface area contributed by atoms with E-state index in [-0.39, 0.29) is 23.7 Å². The summed E-state index contributed by atoms with van der Waals surface area (Å²) in [5.41, 5.74) is 13.4. The number of benzene rings is 2. The highest BCUT2D eigenvalue weighted by Crippen LogP contribution is 2.42. The van der Waals surface area contributed by atoms with Gasteiger partial charge in [0.2, 0.25) is 23.5 Å². The molecule has 3 heterocycles. The van der Waals surface area contributed by atoms with Gasteiger partial charge in [0.25, 0.3) is 20.2 Å². The minimum Gasteiger partial charge on any atom is -0.370 e. The average Bonchev–Trinajstić information content (AvgIpc) is 3.62. The standard InChI is InChI=1S/C27H30N8O9S2/c1-45(37,38)42-14-26(15-43-46(2,39)40)23(41-13-18-9-5-3-6-10-18)20(33-34-29)25(44-26)35-17-32-24-21(30-16-31-24)27(35,28)22(36)19-11-7-4-8-12-19/h3-12,16-17,20,23,25,30H,13-15,28H2,1-2H3/q+1/t20?,23-,25+,27?/m1/s1. The second kappa shape index (κ2) is 12.9. The molecule has 3 aliphatic rings. The minimum absolute atomic E-state index is 0.0752. The van der Waals surface area contributed by atoms with E-state index in [2.05, 4.69) is 25.3 Å². The van der Waals surface area contributed by atoms with Crippen molar-refractivity contribution >= 4 is 38.7 Å². The van der Waals surface area contributed by atoms with Gasteiger partial charge in [-0.1, -0.05) is 75.8 Å².